The van der Waals surface area contributed by atoms with Gasteiger partial charge in [-0.15, -0.1) is 23.1 Å². The third kappa shape index (κ3) is 5.68. The fourth-order valence-corrected chi connectivity index (χ4v) is 6.79. The average molecular weight is 552 g/mol. The van der Waals surface area contributed by atoms with Crippen LogP contribution < -0.4 is 10.1 Å². The molecule has 190 valence electrons. The second-order valence-electron chi connectivity index (χ2n) is 7.76. The average Bonchev–Trinajstić information content (AvgIpc) is 3.51. The van der Waals surface area contributed by atoms with Crippen LogP contribution in [0.3, 0.4) is 0 Å². The maximum absolute atomic E-state index is 13.6. The number of rotatable bonds is 8. The summed E-state index contributed by atoms with van der Waals surface area (Å²) in [6, 6.07) is 4.08. The number of hydrogen-bond donors (Lipinski definition) is 1. The number of carbonyl (C=O) groups is 4. The molecule has 1 aliphatic carbocycles. The molecule has 0 aliphatic heterocycles. The molecule has 1 aliphatic rings. The number of halogens is 1. The van der Waals surface area contributed by atoms with E-state index in [2.05, 4.69) is 10.3 Å². The molecule has 2 heterocycles. The lowest BCUT2D eigenvalue weighted by Gasteiger charge is -2.06. The number of thiophene rings is 1. The minimum absolute atomic E-state index is 0.0236. The zero-order chi connectivity index (χ0) is 25.8. The Labute approximate surface area is 217 Å². The van der Waals surface area contributed by atoms with E-state index in [1.807, 2.05) is 0 Å². The first kappa shape index (κ1) is 26.0. The molecule has 0 radical (unpaired) electrons. The van der Waals surface area contributed by atoms with Crippen molar-refractivity contribution in [1.82, 2.24) is 4.57 Å². The van der Waals surface area contributed by atoms with Gasteiger partial charge in [-0.1, -0.05) is 11.3 Å². The molecule has 3 aromatic rings. The number of thioether (sulfide) groups is 1. The second kappa shape index (κ2) is 11.4. The highest BCUT2D eigenvalue weighted by Gasteiger charge is 2.28. The molecular formula is C23H22FN3O6S3. The number of carbonyl (C=O) groups excluding carboxylic acids is 4. The number of thiazole rings is 1. The minimum atomic E-state index is -0.537. The predicted octanol–water partition coefficient (Wildman–Crippen LogP) is 3.15. The van der Waals surface area contributed by atoms with Gasteiger partial charge in [0.1, 0.15) is 17.4 Å². The Hall–Kier alpha value is -3.03. The number of methoxy groups -OCH3 is 2. The van der Waals surface area contributed by atoms with Crippen molar-refractivity contribution in [3.05, 3.63) is 44.8 Å². The minimum Gasteiger partial charge on any atom is -0.468 e. The van der Waals surface area contributed by atoms with Gasteiger partial charge in [0.05, 0.1) is 41.5 Å². The highest BCUT2D eigenvalue weighted by molar-refractivity contribution is 8.00. The Bertz CT molecular complexity index is 1420. The lowest BCUT2D eigenvalue weighted by atomic mass is 10.1. The zero-order valence-corrected chi connectivity index (χ0v) is 21.9. The van der Waals surface area contributed by atoms with Crippen molar-refractivity contribution >= 4 is 73.4 Å². The van der Waals surface area contributed by atoms with Crippen LogP contribution in [0.5, 0.6) is 0 Å². The Kier molecular flexibility index (Phi) is 8.21. The molecule has 0 spiro atoms. The van der Waals surface area contributed by atoms with Crippen molar-refractivity contribution in [2.45, 2.75) is 25.8 Å². The van der Waals surface area contributed by atoms with Crippen molar-refractivity contribution in [2.24, 2.45) is 4.99 Å². The molecule has 0 saturated heterocycles. The van der Waals surface area contributed by atoms with Crippen LogP contribution in [-0.2, 0) is 43.2 Å². The predicted molar refractivity (Wildman–Crippen MR) is 136 cm³/mol. The SMILES string of the molecule is COC(=O)Cn1c(=NC(=O)CSCC(=O)Nc2sc3c(c2C(=O)OC)CCC3)sc2cc(F)ccc21. The van der Waals surface area contributed by atoms with Gasteiger partial charge in [-0.05, 0) is 43.0 Å². The van der Waals surface area contributed by atoms with Crippen LogP contribution in [-0.4, -0.2) is 54.0 Å². The van der Waals surface area contributed by atoms with Crippen molar-refractivity contribution in [3.8, 4) is 0 Å². The van der Waals surface area contributed by atoms with Gasteiger partial charge in [-0.3, -0.25) is 14.4 Å². The number of aryl methyl sites for hydroxylation is 1. The first-order chi connectivity index (χ1) is 17.3. The molecule has 2 aromatic heterocycles. The Balaban J connectivity index is 1.42. The highest BCUT2D eigenvalue weighted by atomic mass is 32.2. The van der Waals surface area contributed by atoms with Gasteiger partial charge in [0.2, 0.25) is 5.91 Å². The van der Waals surface area contributed by atoms with E-state index in [0.717, 1.165) is 52.8 Å². The number of anilines is 1. The highest BCUT2D eigenvalue weighted by Crippen LogP contribution is 2.39. The quantitative estimate of drug-likeness (QED) is 0.428. The van der Waals surface area contributed by atoms with Gasteiger partial charge < -0.3 is 19.4 Å². The number of esters is 2. The number of nitrogens with one attached hydrogen (secondary N) is 1. The summed E-state index contributed by atoms with van der Waals surface area (Å²) < 4.78 is 25.3. The summed E-state index contributed by atoms with van der Waals surface area (Å²) in [5, 5.41) is 3.23. The lowest BCUT2D eigenvalue weighted by Crippen LogP contribution is -2.23. The van der Waals surface area contributed by atoms with E-state index in [1.54, 1.807) is 0 Å². The zero-order valence-electron chi connectivity index (χ0n) is 19.4. The molecule has 1 N–H and O–H groups in total. The van der Waals surface area contributed by atoms with Gasteiger partial charge in [-0.25, -0.2) is 9.18 Å². The van der Waals surface area contributed by atoms with Crippen LogP contribution in [0.4, 0.5) is 9.39 Å². The summed E-state index contributed by atoms with van der Waals surface area (Å²) in [6.45, 7) is -0.183. The summed E-state index contributed by atoms with van der Waals surface area (Å²) in [5.74, 6) is -2.43. The topological polar surface area (TPSA) is 116 Å². The fourth-order valence-electron chi connectivity index (χ4n) is 3.82. The molecule has 36 heavy (non-hydrogen) atoms. The molecule has 9 nitrogen and oxygen atoms in total. The summed E-state index contributed by atoms with van der Waals surface area (Å²) in [5.41, 5.74) is 1.90. The standard InChI is InChI=1S/C23H22FN3O6S3/c1-32-19(30)9-27-14-7-6-12(24)8-16(14)36-23(27)26-18(29)11-34-10-17(28)25-21-20(22(31)33-2)13-4-3-5-15(13)35-21/h6-8H,3-5,9-11H2,1-2H3,(H,25,28). The summed E-state index contributed by atoms with van der Waals surface area (Å²) in [7, 11) is 2.55. The molecule has 2 amide bonds. The van der Waals surface area contributed by atoms with Crippen molar-refractivity contribution < 1.29 is 33.0 Å². The maximum Gasteiger partial charge on any atom is 0.341 e. The molecular weight excluding hydrogens is 529 g/mol. The van der Waals surface area contributed by atoms with Gasteiger partial charge in [0.25, 0.3) is 5.91 Å². The first-order valence-corrected chi connectivity index (χ1v) is 13.6. The van der Waals surface area contributed by atoms with Crippen molar-refractivity contribution in [2.75, 3.05) is 31.0 Å². The monoisotopic (exact) mass is 551 g/mol. The molecule has 0 atom stereocenters. The van der Waals surface area contributed by atoms with Crippen LogP contribution in [0.15, 0.2) is 23.2 Å². The Morgan fingerprint density at radius 2 is 1.94 bits per heavy atom. The number of benzene rings is 1. The fraction of sp³-hybridized carbons (Fsp3) is 0.348. The third-order valence-corrected chi connectivity index (χ3v) is 8.57. The van der Waals surface area contributed by atoms with E-state index >= 15 is 0 Å². The van der Waals surface area contributed by atoms with Gasteiger partial charge in [0.15, 0.2) is 4.80 Å². The second-order valence-corrected chi connectivity index (χ2v) is 10.9. The number of aromatic nitrogens is 1. The summed E-state index contributed by atoms with van der Waals surface area (Å²) >= 11 is 3.52. The first-order valence-electron chi connectivity index (χ1n) is 10.8. The van der Waals surface area contributed by atoms with Crippen LogP contribution >= 0.6 is 34.4 Å². The van der Waals surface area contributed by atoms with Crippen molar-refractivity contribution in [1.29, 1.82) is 0 Å². The maximum atomic E-state index is 13.6. The lowest BCUT2D eigenvalue weighted by molar-refractivity contribution is -0.141. The number of hydrogen-bond acceptors (Lipinski definition) is 9. The number of nitrogens with zero attached hydrogens (tertiary/aromatic N) is 2. The largest absolute Gasteiger partial charge is 0.468 e. The number of fused-ring (bicyclic) bond motifs is 2. The molecule has 0 saturated carbocycles. The van der Waals surface area contributed by atoms with E-state index in [4.69, 9.17) is 9.47 Å². The van der Waals surface area contributed by atoms with Gasteiger partial charge in [-0.2, -0.15) is 4.99 Å². The van der Waals surface area contributed by atoms with Crippen LogP contribution in [0, 0.1) is 5.82 Å². The molecule has 1 aromatic carbocycles. The van der Waals surface area contributed by atoms with E-state index in [-0.39, 0.29) is 28.8 Å². The molecule has 0 bridgehead atoms. The Morgan fingerprint density at radius 1 is 1.14 bits per heavy atom. The van der Waals surface area contributed by atoms with E-state index in [1.165, 1.54) is 48.3 Å². The Morgan fingerprint density at radius 3 is 2.69 bits per heavy atom. The molecule has 4 rings (SSSR count). The smallest absolute Gasteiger partial charge is 0.341 e. The normalized spacial score (nSPS) is 13.0. The van der Waals surface area contributed by atoms with E-state index in [9.17, 15) is 23.6 Å². The van der Waals surface area contributed by atoms with E-state index in [0.29, 0.717) is 20.8 Å². The van der Waals surface area contributed by atoms with E-state index < -0.39 is 23.7 Å². The number of ether oxygens (including phenoxy) is 2. The third-order valence-electron chi connectivity index (χ3n) is 5.40. The van der Waals surface area contributed by atoms with Crippen molar-refractivity contribution in [3.63, 3.8) is 0 Å². The molecule has 0 unspecified atom stereocenters. The summed E-state index contributed by atoms with van der Waals surface area (Å²) in [4.78, 5) is 54.5. The van der Waals surface area contributed by atoms with Crippen LogP contribution in [0.1, 0.15) is 27.2 Å². The van der Waals surface area contributed by atoms with Gasteiger partial charge in [0, 0.05) is 4.88 Å². The molecule has 13 heteroatoms. The summed E-state index contributed by atoms with van der Waals surface area (Å²) in [6.07, 6.45) is 2.61. The number of amides is 2. The molecule has 0 fully saturated rings. The van der Waals surface area contributed by atoms with Crippen LogP contribution in [0.25, 0.3) is 10.2 Å². The van der Waals surface area contributed by atoms with Crippen LogP contribution in [0.2, 0.25) is 0 Å². The van der Waals surface area contributed by atoms with Gasteiger partial charge >= 0.3 is 11.9 Å².